The second kappa shape index (κ2) is 9.79. The molecule has 3 aromatic rings. The van der Waals surface area contributed by atoms with E-state index in [-0.39, 0.29) is 23.4 Å². The van der Waals surface area contributed by atoms with Crippen LogP contribution in [0.15, 0.2) is 65.6 Å². The maximum Gasteiger partial charge on any atom is 0.264 e. The molecule has 0 saturated heterocycles. The first-order chi connectivity index (χ1) is 17.2. The van der Waals surface area contributed by atoms with Crippen molar-refractivity contribution in [3.8, 4) is 5.75 Å². The molecule has 2 atom stereocenters. The number of rotatable bonds is 5. The molecule has 6 nitrogen and oxygen atoms in total. The van der Waals surface area contributed by atoms with Gasteiger partial charge in [-0.3, -0.25) is 9.10 Å². The summed E-state index contributed by atoms with van der Waals surface area (Å²) >= 11 is 6.19. The lowest BCUT2D eigenvalue weighted by Gasteiger charge is -2.35. The Morgan fingerprint density at radius 3 is 2.50 bits per heavy atom. The van der Waals surface area contributed by atoms with Crippen molar-refractivity contribution >= 4 is 33.2 Å². The van der Waals surface area contributed by atoms with Crippen LogP contribution < -0.4 is 14.4 Å². The highest BCUT2D eigenvalue weighted by molar-refractivity contribution is 7.92. The van der Waals surface area contributed by atoms with Crippen LogP contribution in [0.25, 0.3) is 0 Å². The Hall–Kier alpha value is -3.03. The molecule has 1 amide bonds. The number of amides is 1. The van der Waals surface area contributed by atoms with Gasteiger partial charge in [-0.2, -0.15) is 0 Å². The van der Waals surface area contributed by atoms with Gasteiger partial charge in [-0.05, 0) is 86.6 Å². The summed E-state index contributed by atoms with van der Waals surface area (Å²) in [5, 5.41) is 3.40. The average molecular weight is 525 g/mol. The smallest absolute Gasteiger partial charge is 0.264 e. The number of ether oxygens (including phenoxy) is 1. The normalized spacial score (nSPS) is 18.0. The highest BCUT2D eigenvalue weighted by Gasteiger charge is 2.38. The average Bonchev–Trinajstić information content (AvgIpc) is 2.87. The van der Waals surface area contributed by atoms with Crippen molar-refractivity contribution in [2.45, 2.75) is 56.6 Å². The number of halogens is 1. The van der Waals surface area contributed by atoms with Crippen LogP contribution >= 0.6 is 11.6 Å². The molecule has 188 valence electrons. The number of benzene rings is 3. The highest BCUT2D eigenvalue weighted by atomic mass is 35.5. The van der Waals surface area contributed by atoms with Crippen LogP contribution in [-0.4, -0.2) is 27.0 Å². The largest absolute Gasteiger partial charge is 0.476 e. The number of carbonyl (C=O) groups excluding carboxylic acids is 1. The maximum atomic E-state index is 13.6. The zero-order valence-corrected chi connectivity index (χ0v) is 21.9. The summed E-state index contributed by atoms with van der Waals surface area (Å²) in [6.45, 7) is 3.66. The lowest BCUT2D eigenvalue weighted by atomic mass is 9.89. The second-order valence-electron chi connectivity index (χ2n) is 9.53. The lowest BCUT2D eigenvalue weighted by molar-refractivity contribution is -0.128. The Balaban J connectivity index is 1.41. The summed E-state index contributed by atoms with van der Waals surface area (Å²) in [4.78, 5) is 13.5. The number of hydrogen-bond donors (Lipinski definition) is 1. The molecule has 5 rings (SSSR count). The zero-order valence-electron chi connectivity index (χ0n) is 20.3. The van der Waals surface area contributed by atoms with Crippen LogP contribution in [-0.2, 0) is 27.7 Å². The van der Waals surface area contributed by atoms with E-state index >= 15 is 0 Å². The SMILES string of the molecule is Cc1ccc(S(=O)(=O)N2C[C@H](C(=O)N[C@H](C)c3ccc4c(c3)CCCC4)Oc3ccc(Cl)cc32)cc1. The van der Waals surface area contributed by atoms with Crippen molar-refractivity contribution in [1.29, 1.82) is 0 Å². The second-order valence-corrected chi connectivity index (χ2v) is 11.8. The summed E-state index contributed by atoms with van der Waals surface area (Å²) < 4.78 is 34.4. The van der Waals surface area contributed by atoms with Crippen LogP contribution in [0, 0.1) is 6.92 Å². The van der Waals surface area contributed by atoms with E-state index < -0.39 is 16.1 Å². The van der Waals surface area contributed by atoms with Crippen molar-refractivity contribution in [3.63, 3.8) is 0 Å². The van der Waals surface area contributed by atoms with Gasteiger partial charge in [0.1, 0.15) is 5.75 Å². The van der Waals surface area contributed by atoms with Crippen molar-refractivity contribution in [2.24, 2.45) is 0 Å². The topological polar surface area (TPSA) is 75.7 Å². The molecule has 3 aromatic carbocycles. The van der Waals surface area contributed by atoms with E-state index in [1.165, 1.54) is 28.3 Å². The molecule has 1 aliphatic carbocycles. The molecule has 0 aromatic heterocycles. The van der Waals surface area contributed by atoms with E-state index in [0.717, 1.165) is 24.0 Å². The van der Waals surface area contributed by atoms with Gasteiger partial charge in [0.15, 0.2) is 6.10 Å². The van der Waals surface area contributed by atoms with Crippen molar-refractivity contribution < 1.29 is 17.9 Å². The van der Waals surface area contributed by atoms with Gasteiger partial charge in [-0.25, -0.2) is 8.42 Å². The number of hydrogen-bond acceptors (Lipinski definition) is 4. The predicted molar refractivity (Wildman–Crippen MR) is 141 cm³/mol. The third kappa shape index (κ3) is 4.82. The molecule has 2 aliphatic rings. The van der Waals surface area contributed by atoms with Crippen molar-refractivity contribution in [2.75, 3.05) is 10.8 Å². The van der Waals surface area contributed by atoms with Crippen LogP contribution in [0.5, 0.6) is 5.75 Å². The molecule has 0 saturated carbocycles. The Kier molecular flexibility index (Phi) is 6.70. The number of anilines is 1. The molecule has 1 heterocycles. The number of sulfonamides is 1. The van der Waals surface area contributed by atoms with E-state index in [1.807, 2.05) is 13.8 Å². The number of fused-ring (bicyclic) bond motifs is 2. The number of nitrogens with zero attached hydrogens (tertiary/aromatic N) is 1. The van der Waals surface area contributed by atoms with Gasteiger partial charge in [-0.15, -0.1) is 0 Å². The Morgan fingerprint density at radius 2 is 1.75 bits per heavy atom. The Labute approximate surface area is 217 Å². The lowest BCUT2D eigenvalue weighted by Crippen LogP contribution is -2.51. The number of nitrogens with one attached hydrogen (secondary N) is 1. The van der Waals surface area contributed by atoms with Gasteiger partial charge >= 0.3 is 0 Å². The van der Waals surface area contributed by atoms with Gasteiger partial charge < -0.3 is 10.1 Å². The van der Waals surface area contributed by atoms with Crippen molar-refractivity contribution in [1.82, 2.24) is 5.32 Å². The maximum absolute atomic E-state index is 13.6. The van der Waals surface area contributed by atoms with Crippen LogP contribution in [0.4, 0.5) is 5.69 Å². The first-order valence-electron chi connectivity index (χ1n) is 12.2. The van der Waals surface area contributed by atoms with Gasteiger partial charge in [0.2, 0.25) is 0 Å². The summed E-state index contributed by atoms with van der Waals surface area (Å²) in [7, 11) is -3.95. The third-order valence-electron chi connectivity index (χ3n) is 6.92. The van der Waals surface area contributed by atoms with E-state index in [0.29, 0.717) is 16.5 Å². The molecule has 36 heavy (non-hydrogen) atoms. The first kappa shape index (κ1) is 24.7. The molecule has 1 aliphatic heterocycles. The molecule has 8 heteroatoms. The molecule has 0 fully saturated rings. The fraction of sp³-hybridized carbons (Fsp3) is 0.321. The fourth-order valence-corrected chi connectivity index (χ4v) is 6.47. The third-order valence-corrected chi connectivity index (χ3v) is 8.95. The summed E-state index contributed by atoms with van der Waals surface area (Å²) in [6, 6.07) is 17.5. The molecule has 0 bridgehead atoms. The van der Waals surface area contributed by atoms with Gasteiger partial charge in [0.25, 0.3) is 15.9 Å². The van der Waals surface area contributed by atoms with E-state index in [1.54, 1.807) is 42.5 Å². The van der Waals surface area contributed by atoms with Crippen LogP contribution in [0.2, 0.25) is 5.02 Å². The van der Waals surface area contributed by atoms with E-state index in [9.17, 15) is 13.2 Å². The van der Waals surface area contributed by atoms with Gasteiger partial charge in [-0.1, -0.05) is 47.5 Å². The Morgan fingerprint density at radius 1 is 1.03 bits per heavy atom. The number of carbonyl (C=O) groups is 1. The predicted octanol–water partition coefficient (Wildman–Crippen LogP) is 5.36. The standard InChI is InChI=1S/C28H29ClN2O4S/c1-18-7-12-24(13-8-18)36(33,34)31-17-27(35-26-14-11-23(29)16-25(26)31)28(32)30-19(2)21-10-9-20-5-3-4-6-22(20)15-21/h7-16,19,27H,3-6,17H2,1-2H3,(H,30,32)/t19-,27-/m1/s1. The molecule has 0 unspecified atom stereocenters. The summed E-state index contributed by atoms with van der Waals surface area (Å²) in [5.74, 6) is -0.0761. The molecule has 0 radical (unpaired) electrons. The highest BCUT2D eigenvalue weighted by Crippen LogP contribution is 2.39. The minimum absolute atomic E-state index is 0.141. The van der Waals surface area contributed by atoms with E-state index in [4.69, 9.17) is 16.3 Å². The number of aryl methyl sites for hydroxylation is 3. The molecule has 0 spiro atoms. The first-order valence-corrected chi connectivity index (χ1v) is 14.0. The van der Waals surface area contributed by atoms with Crippen LogP contribution in [0.1, 0.15) is 48.1 Å². The minimum Gasteiger partial charge on any atom is -0.476 e. The van der Waals surface area contributed by atoms with Crippen LogP contribution in [0.3, 0.4) is 0 Å². The summed E-state index contributed by atoms with van der Waals surface area (Å²) in [5.41, 5.74) is 5.01. The van der Waals surface area contributed by atoms with Gasteiger partial charge in [0.05, 0.1) is 23.2 Å². The molecule has 1 N–H and O–H groups in total. The molecular weight excluding hydrogens is 496 g/mol. The molecular formula is C28H29ClN2O4S. The Bertz CT molecular complexity index is 1410. The van der Waals surface area contributed by atoms with E-state index in [2.05, 4.69) is 23.5 Å². The fourth-order valence-electron chi connectivity index (χ4n) is 4.84. The van der Waals surface area contributed by atoms with Crippen molar-refractivity contribution in [3.05, 3.63) is 87.9 Å². The zero-order chi connectivity index (χ0) is 25.4. The quantitative estimate of drug-likeness (QED) is 0.487. The van der Waals surface area contributed by atoms with Gasteiger partial charge in [0, 0.05) is 5.02 Å². The monoisotopic (exact) mass is 524 g/mol. The minimum atomic E-state index is -3.95. The summed E-state index contributed by atoms with van der Waals surface area (Å²) in [6.07, 6.45) is 3.54.